The molecule has 5 heteroatoms. The third-order valence-corrected chi connectivity index (χ3v) is 3.00. The maximum Gasteiger partial charge on any atom is 0.101 e. The summed E-state index contributed by atoms with van der Waals surface area (Å²) in [5.41, 5.74) is 1.39. The Kier molecular flexibility index (Phi) is 4.94. The van der Waals surface area contributed by atoms with Crippen molar-refractivity contribution in [1.82, 2.24) is 10.3 Å². The lowest BCUT2D eigenvalue weighted by Gasteiger charge is -2.23. The Morgan fingerprint density at radius 1 is 1.50 bits per heavy atom. The summed E-state index contributed by atoms with van der Waals surface area (Å²) >= 11 is 0. The maximum absolute atomic E-state index is 8.92. The zero-order valence-corrected chi connectivity index (χ0v) is 10.4. The second kappa shape index (κ2) is 6.94. The molecule has 1 aromatic rings. The molecule has 2 rings (SSSR count). The SMILES string of the molecule is N#Cc1ccncc1NCCOC1CCNCC1. The molecule has 0 aliphatic carbocycles. The van der Waals surface area contributed by atoms with Crippen LogP contribution >= 0.6 is 0 Å². The van der Waals surface area contributed by atoms with Gasteiger partial charge in [-0.25, -0.2) is 0 Å². The molecule has 5 nitrogen and oxygen atoms in total. The number of ether oxygens (including phenoxy) is 1. The number of piperidine rings is 1. The molecule has 2 N–H and O–H groups in total. The molecule has 0 bridgehead atoms. The molecule has 96 valence electrons. The lowest BCUT2D eigenvalue weighted by Crippen LogP contribution is -2.33. The fourth-order valence-corrected chi connectivity index (χ4v) is 2.01. The third-order valence-electron chi connectivity index (χ3n) is 3.00. The highest BCUT2D eigenvalue weighted by molar-refractivity contribution is 5.55. The van der Waals surface area contributed by atoms with Gasteiger partial charge in [0.15, 0.2) is 0 Å². The van der Waals surface area contributed by atoms with Crippen LogP contribution < -0.4 is 10.6 Å². The van der Waals surface area contributed by atoms with E-state index in [0.29, 0.717) is 24.8 Å². The zero-order chi connectivity index (χ0) is 12.6. The molecular formula is C13H18N4O. The summed E-state index contributed by atoms with van der Waals surface area (Å²) in [5.74, 6) is 0. The van der Waals surface area contributed by atoms with Crippen LogP contribution in [0.25, 0.3) is 0 Å². The highest BCUT2D eigenvalue weighted by Crippen LogP contribution is 2.11. The highest BCUT2D eigenvalue weighted by atomic mass is 16.5. The van der Waals surface area contributed by atoms with Crippen LogP contribution in [0.5, 0.6) is 0 Å². The smallest absolute Gasteiger partial charge is 0.101 e. The standard InChI is InChI=1S/C13H18N4O/c14-9-11-1-4-16-10-13(11)17-7-8-18-12-2-5-15-6-3-12/h1,4,10,12,15,17H,2-3,5-8H2. The van der Waals surface area contributed by atoms with Crippen molar-refractivity contribution >= 4 is 5.69 Å². The fourth-order valence-electron chi connectivity index (χ4n) is 2.01. The van der Waals surface area contributed by atoms with Gasteiger partial charge in [-0.2, -0.15) is 5.26 Å². The second-order valence-electron chi connectivity index (χ2n) is 4.28. The number of pyridine rings is 1. The first kappa shape index (κ1) is 12.8. The molecule has 0 atom stereocenters. The Hall–Kier alpha value is -1.64. The Morgan fingerprint density at radius 2 is 2.33 bits per heavy atom. The molecule has 0 radical (unpaired) electrons. The van der Waals surface area contributed by atoms with Gasteiger partial charge >= 0.3 is 0 Å². The molecule has 2 heterocycles. The minimum absolute atomic E-state index is 0.373. The van der Waals surface area contributed by atoms with Crippen molar-refractivity contribution in [1.29, 1.82) is 5.26 Å². The molecular weight excluding hydrogens is 228 g/mol. The Balaban J connectivity index is 1.70. The number of rotatable bonds is 5. The van der Waals surface area contributed by atoms with Crippen LogP contribution in [0.3, 0.4) is 0 Å². The summed E-state index contributed by atoms with van der Waals surface area (Å²) in [6, 6.07) is 3.84. The van der Waals surface area contributed by atoms with E-state index in [2.05, 4.69) is 21.7 Å². The minimum atomic E-state index is 0.373. The molecule has 1 aliphatic rings. The molecule has 0 amide bonds. The van der Waals surface area contributed by atoms with Gasteiger partial charge in [0.25, 0.3) is 0 Å². The summed E-state index contributed by atoms with van der Waals surface area (Å²) in [6.45, 7) is 3.44. The van der Waals surface area contributed by atoms with Crippen LogP contribution in [0.2, 0.25) is 0 Å². The molecule has 1 aromatic heterocycles. The van der Waals surface area contributed by atoms with Crippen molar-refractivity contribution in [3.8, 4) is 6.07 Å². The van der Waals surface area contributed by atoms with E-state index in [9.17, 15) is 0 Å². The van der Waals surface area contributed by atoms with E-state index >= 15 is 0 Å². The van der Waals surface area contributed by atoms with Crippen LogP contribution in [-0.2, 0) is 4.74 Å². The summed E-state index contributed by atoms with van der Waals surface area (Å²) in [4.78, 5) is 4.00. The van der Waals surface area contributed by atoms with Gasteiger partial charge < -0.3 is 15.4 Å². The van der Waals surface area contributed by atoms with Gasteiger partial charge in [0.1, 0.15) is 6.07 Å². The topological polar surface area (TPSA) is 70.0 Å². The van der Waals surface area contributed by atoms with E-state index in [1.807, 2.05) is 0 Å². The van der Waals surface area contributed by atoms with Crippen molar-refractivity contribution in [2.75, 3.05) is 31.6 Å². The molecule has 0 unspecified atom stereocenters. The van der Waals surface area contributed by atoms with E-state index in [1.54, 1.807) is 18.5 Å². The lowest BCUT2D eigenvalue weighted by atomic mass is 10.1. The van der Waals surface area contributed by atoms with Crippen LogP contribution in [0.1, 0.15) is 18.4 Å². The van der Waals surface area contributed by atoms with Crippen molar-refractivity contribution in [3.05, 3.63) is 24.0 Å². The monoisotopic (exact) mass is 246 g/mol. The average Bonchev–Trinajstić information content (AvgIpc) is 2.45. The van der Waals surface area contributed by atoms with Crippen molar-refractivity contribution < 1.29 is 4.74 Å². The first-order valence-electron chi connectivity index (χ1n) is 6.30. The normalized spacial score (nSPS) is 16.2. The number of nitrogens with one attached hydrogen (secondary N) is 2. The summed E-state index contributed by atoms with van der Waals surface area (Å²) in [5, 5.41) is 15.4. The van der Waals surface area contributed by atoms with Gasteiger partial charge in [-0.05, 0) is 32.0 Å². The zero-order valence-electron chi connectivity index (χ0n) is 10.4. The Morgan fingerprint density at radius 3 is 3.11 bits per heavy atom. The molecule has 18 heavy (non-hydrogen) atoms. The quantitative estimate of drug-likeness (QED) is 0.762. The number of anilines is 1. The van der Waals surface area contributed by atoms with E-state index in [0.717, 1.165) is 31.6 Å². The van der Waals surface area contributed by atoms with E-state index in [1.165, 1.54) is 0 Å². The number of aromatic nitrogens is 1. The van der Waals surface area contributed by atoms with E-state index < -0.39 is 0 Å². The van der Waals surface area contributed by atoms with Gasteiger partial charge in [-0.1, -0.05) is 0 Å². The van der Waals surface area contributed by atoms with Gasteiger partial charge in [-0.3, -0.25) is 4.98 Å². The second-order valence-corrected chi connectivity index (χ2v) is 4.28. The van der Waals surface area contributed by atoms with Gasteiger partial charge in [-0.15, -0.1) is 0 Å². The minimum Gasteiger partial charge on any atom is -0.380 e. The number of hydrogen-bond acceptors (Lipinski definition) is 5. The molecule has 0 spiro atoms. The maximum atomic E-state index is 8.92. The van der Waals surface area contributed by atoms with Crippen molar-refractivity contribution in [2.45, 2.75) is 18.9 Å². The Bertz CT molecular complexity index is 410. The third kappa shape index (κ3) is 3.69. The van der Waals surface area contributed by atoms with Crippen LogP contribution in [-0.4, -0.2) is 37.3 Å². The number of nitriles is 1. The van der Waals surface area contributed by atoms with E-state index in [4.69, 9.17) is 10.00 Å². The van der Waals surface area contributed by atoms with Gasteiger partial charge in [0.05, 0.1) is 30.2 Å². The van der Waals surface area contributed by atoms with Gasteiger partial charge in [0.2, 0.25) is 0 Å². The lowest BCUT2D eigenvalue weighted by molar-refractivity contribution is 0.0394. The largest absolute Gasteiger partial charge is 0.380 e. The Labute approximate surface area is 107 Å². The van der Waals surface area contributed by atoms with Crippen LogP contribution in [0, 0.1) is 11.3 Å². The summed E-state index contributed by atoms with van der Waals surface area (Å²) in [6.07, 6.45) is 5.82. The summed E-state index contributed by atoms with van der Waals surface area (Å²) in [7, 11) is 0. The first-order valence-corrected chi connectivity index (χ1v) is 6.30. The van der Waals surface area contributed by atoms with Crippen molar-refractivity contribution in [2.24, 2.45) is 0 Å². The molecule has 0 saturated carbocycles. The molecule has 1 aliphatic heterocycles. The predicted molar refractivity (Wildman–Crippen MR) is 69.3 cm³/mol. The predicted octanol–water partition coefficient (Wildman–Crippen LogP) is 1.13. The van der Waals surface area contributed by atoms with Crippen molar-refractivity contribution in [3.63, 3.8) is 0 Å². The number of hydrogen-bond donors (Lipinski definition) is 2. The molecule has 0 aromatic carbocycles. The van der Waals surface area contributed by atoms with E-state index in [-0.39, 0.29) is 0 Å². The van der Waals surface area contributed by atoms with Crippen LogP contribution in [0.4, 0.5) is 5.69 Å². The average molecular weight is 246 g/mol. The van der Waals surface area contributed by atoms with Gasteiger partial charge in [0, 0.05) is 12.7 Å². The molecule has 1 saturated heterocycles. The fraction of sp³-hybridized carbons (Fsp3) is 0.538. The van der Waals surface area contributed by atoms with Crippen LogP contribution in [0.15, 0.2) is 18.5 Å². The highest BCUT2D eigenvalue weighted by Gasteiger charge is 2.12. The number of nitrogens with zero attached hydrogens (tertiary/aromatic N) is 2. The molecule has 1 fully saturated rings. The summed E-state index contributed by atoms with van der Waals surface area (Å²) < 4.78 is 5.77. The first-order chi connectivity index (χ1) is 8.90.